The van der Waals surface area contributed by atoms with Crippen LogP contribution in [0.15, 0.2) is 30.3 Å². The van der Waals surface area contributed by atoms with Gasteiger partial charge in [0, 0.05) is 30.6 Å². The Balaban J connectivity index is 1.45. The Morgan fingerprint density at radius 2 is 1.70 bits per heavy atom. The summed E-state index contributed by atoms with van der Waals surface area (Å²) in [6.07, 6.45) is 5.51. The van der Waals surface area contributed by atoms with Gasteiger partial charge in [-0.3, -0.25) is 9.59 Å². The fraction of sp³-hybridized carbons (Fsp3) is 0.714. The summed E-state index contributed by atoms with van der Waals surface area (Å²) in [6, 6.07) is 9.40. The van der Waals surface area contributed by atoms with E-state index in [1.54, 1.807) is 0 Å². The fourth-order valence-electron chi connectivity index (χ4n) is 7.04. The Labute approximate surface area is 199 Å². The summed E-state index contributed by atoms with van der Waals surface area (Å²) < 4.78 is 0. The van der Waals surface area contributed by atoms with E-state index in [-0.39, 0.29) is 46.9 Å². The van der Waals surface area contributed by atoms with Gasteiger partial charge >= 0.3 is 0 Å². The number of nitrogens with one attached hydrogen (secondary N) is 1. The minimum atomic E-state index is -0.516. The molecular weight excluding hydrogens is 412 g/mol. The number of piperidine rings is 1. The quantitative estimate of drug-likeness (QED) is 0.704. The zero-order valence-corrected chi connectivity index (χ0v) is 20.8. The van der Waals surface area contributed by atoms with Crippen LogP contribution in [-0.2, 0) is 4.79 Å². The van der Waals surface area contributed by atoms with Gasteiger partial charge in [-0.05, 0) is 79.7 Å². The number of aliphatic hydroxyl groups excluding tert-OH is 1. The average molecular weight is 455 g/mol. The Kier molecular flexibility index (Phi) is 7.18. The molecule has 33 heavy (non-hydrogen) atoms. The highest BCUT2D eigenvalue weighted by molar-refractivity contribution is 5.94. The van der Waals surface area contributed by atoms with Crippen molar-refractivity contribution in [3.05, 3.63) is 35.9 Å². The summed E-state index contributed by atoms with van der Waals surface area (Å²) in [5, 5.41) is 14.9. The zero-order chi connectivity index (χ0) is 23.8. The van der Waals surface area contributed by atoms with Crippen molar-refractivity contribution in [2.24, 2.45) is 35.0 Å². The van der Waals surface area contributed by atoms with Gasteiger partial charge in [0.25, 0.3) is 5.91 Å². The van der Waals surface area contributed by atoms with Crippen molar-refractivity contribution < 1.29 is 14.7 Å². The first-order chi connectivity index (χ1) is 15.7. The standard InChI is InChI=1S/C28H42N2O3/c1-18-12-16-30(17-13-18)27(33)19(2)22-10-14-28(4)15-11-23(20(3)24(28)25(22)31)29-26(32)21-8-6-5-7-9-21/h5-9,18-20,22-25,31H,10-17H2,1-4H3,(H,29,32)/t19-,20-,22-,23-,24+,25-,28+/m0/s1. The van der Waals surface area contributed by atoms with Gasteiger partial charge in [-0.15, -0.1) is 0 Å². The molecule has 5 nitrogen and oxygen atoms in total. The normalized spacial score (nSPS) is 36.0. The second-order valence-electron chi connectivity index (χ2n) is 11.5. The molecule has 3 fully saturated rings. The predicted molar refractivity (Wildman–Crippen MR) is 131 cm³/mol. The molecule has 1 aliphatic heterocycles. The molecule has 1 aromatic carbocycles. The zero-order valence-electron chi connectivity index (χ0n) is 20.8. The van der Waals surface area contributed by atoms with E-state index in [4.69, 9.17) is 0 Å². The van der Waals surface area contributed by atoms with Crippen LogP contribution in [0.5, 0.6) is 0 Å². The number of fused-ring (bicyclic) bond motifs is 1. The first-order valence-electron chi connectivity index (χ1n) is 13.0. The lowest BCUT2D eigenvalue weighted by molar-refractivity contribution is -0.151. The molecule has 7 atom stereocenters. The maximum atomic E-state index is 13.3. The highest BCUT2D eigenvalue weighted by atomic mass is 16.3. The predicted octanol–water partition coefficient (Wildman–Crippen LogP) is 4.50. The third kappa shape index (κ3) is 4.84. The topological polar surface area (TPSA) is 69.6 Å². The number of carbonyl (C=O) groups excluding carboxylic acids is 2. The van der Waals surface area contributed by atoms with Crippen LogP contribution in [0.4, 0.5) is 0 Å². The van der Waals surface area contributed by atoms with Gasteiger partial charge in [0.1, 0.15) is 0 Å². The van der Waals surface area contributed by atoms with E-state index < -0.39 is 6.10 Å². The minimum Gasteiger partial charge on any atom is -0.392 e. The van der Waals surface area contributed by atoms with Crippen LogP contribution in [0.25, 0.3) is 0 Å². The van der Waals surface area contributed by atoms with Crippen LogP contribution in [0.2, 0.25) is 0 Å². The number of benzene rings is 1. The van der Waals surface area contributed by atoms with Crippen molar-refractivity contribution in [2.45, 2.75) is 78.4 Å². The van der Waals surface area contributed by atoms with Crippen molar-refractivity contribution >= 4 is 11.8 Å². The van der Waals surface area contributed by atoms with Crippen LogP contribution < -0.4 is 5.32 Å². The van der Waals surface area contributed by atoms with Crippen LogP contribution in [0.3, 0.4) is 0 Å². The van der Waals surface area contributed by atoms with Gasteiger partial charge in [0.15, 0.2) is 0 Å². The summed E-state index contributed by atoms with van der Waals surface area (Å²) in [5.41, 5.74) is 0.738. The molecular formula is C28H42N2O3. The van der Waals surface area contributed by atoms with E-state index in [0.717, 1.165) is 51.6 Å². The van der Waals surface area contributed by atoms with E-state index in [2.05, 4.69) is 26.1 Å². The molecule has 5 heteroatoms. The van der Waals surface area contributed by atoms with Crippen molar-refractivity contribution in [3.8, 4) is 0 Å². The Hall–Kier alpha value is -1.88. The van der Waals surface area contributed by atoms with Crippen LogP contribution in [0.1, 0.15) is 76.6 Å². The van der Waals surface area contributed by atoms with Gasteiger partial charge in [0.2, 0.25) is 5.91 Å². The minimum absolute atomic E-state index is 0.0130. The number of hydrogen-bond acceptors (Lipinski definition) is 3. The number of aliphatic hydroxyl groups is 1. The lowest BCUT2D eigenvalue weighted by atomic mass is 9.51. The first kappa shape index (κ1) is 24.3. The smallest absolute Gasteiger partial charge is 0.251 e. The van der Waals surface area contributed by atoms with E-state index in [0.29, 0.717) is 11.5 Å². The molecule has 0 unspecified atom stereocenters. The Morgan fingerprint density at radius 3 is 2.36 bits per heavy atom. The molecule has 2 aliphatic carbocycles. The molecule has 0 bridgehead atoms. The third-order valence-electron chi connectivity index (χ3n) is 9.37. The summed E-state index contributed by atoms with van der Waals surface area (Å²) in [5.74, 6) is 0.935. The van der Waals surface area contributed by atoms with Gasteiger partial charge in [-0.1, -0.05) is 45.9 Å². The maximum Gasteiger partial charge on any atom is 0.251 e. The van der Waals surface area contributed by atoms with Crippen LogP contribution >= 0.6 is 0 Å². The molecule has 1 aromatic rings. The summed E-state index contributed by atoms with van der Waals surface area (Å²) >= 11 is 0. The highest BCUT2D eigenvalue weighted by Gasteiger charge is 2.54. The molecule has 0 radical (unpaired) electrons. The number of amides is 2. The van der Waals surface area contributed by atoms with Crippen molar-refractivity contribution in [3.63, 3.8) is 0 Å². The lowest BCUT2D eigenvalue weighted by Gasteiger charge is -2.56. The Morgan fingerprint density at radius 1 is 1.06 bits per heavy atom. The van der Waals surface area contributed by atoms with Crippen molar-refractivity contribution in [1.82, 2.24) is 10.2 Å². The number of likely N-dealkylation sites (tertiary alicyclic amines) is 1. The molecule has 0 spiro atoms. The largest absolute Gasteiger partial charge is 0.392 e. The van der Waals surface area contributed by atoms with Gasteiger partial charge < -0.3 is 15.3 Å². The average Bonchev–Trinajstić information content (AvgIpc) is 2.81. The summed E-state index contributed by atoms with van der Waals surface area (Å²) in [4.78, 5) is 28.1. The second kappa shape index (κ2) is 9.77. The number of hydrogen-bond donors (Lipinski definition) is 2. The molecule has 4 rings (SSSR count). The summed E-state index contributed by atoms with van der Waals surface area (Å²) in [6.45, 7) is 10.5. The van der Waals surface area contributed by atoms with Crippen LogP contribution in [0, 0.1) is 35.0 Å². The van der Waals surface area contributed by atoms with E-state index >= 15 is 0 Å². The molecule has 3 aliphatic rings. The van der Waals surface area contributed by atoms with E-state index in [9.17, 15) is 14.7 Å². The monoisotopic (exact) mass is 454 g/mol. The van der Waals surface area contributed by atoms with E-state index in [1.807, 2.05) is 42.2 Å². The third-order valence-corrected chi connectivity index (χ3v) is 9.37. The molecule has 1 heterocycles. The fourth-order valence-corrected chi connectivity index (χ4v) is 7.04. The number of nitrogens with zero attached hydrogens (tertiary/aromatic N) is 1. The van der Waals surface area contributed by atoms with E-state index in [1.165, 1.54) is 0 Å². The van der Waals surface area contributed by atoms with Gasteiger partial charge in [0.05, 0.1) is 6.10 Å². The van der Waals surface area contributed by atoms with Gasteiger partial charge in [-0.2, -0.15) is 0 Å². The molecule has 2 N–H and O–H groups in total. The van der Waals surface area contributed by atoms with Crippen LogP contribution in [-0.4, -0.2) is 47.1 Å². The van der Waals surface area contributed by atoms with Gasteiger partial charge in [-0.25, -0.2) is 0 Å². The molecule has 2 saturated carbocycles. The lowest BCUT2D eigenvalue weighted by Crippen LogP contribution is -2.58. The summed E-state index contributed by atoms with van der Waals surface area (Å²) in [7, 11) is 0. The molecule has 1 saturated heterocycles. The van der Waals surface area contributed by atoms with Crippen molar-refractivity contribution in [2.75, 3.05) is 13.1 Å². The SMILES string of the molecule is CC1CCN(C(=O)[C@@H](C)[C@@H]2CC[C@]3(C)CC[C@H](NC(=O)c4ccccc4)[C@H](C)[C@@H]3[C@H]2O)CC1. The number of rotatable bonds is 4. The molecule has 2 amide bonds. The maximum absolute atomic E-state index is 13.3. The second-order valence-corrected chi connectivity index (χ2v) is 11.5. The van der Waals surface area contributed by atoms with Crippen molar-refractivity contribution in [1.29, 1.82) is 0 Å². The highest BCUT2D eigenvalue weighted by Crippen LogP contribution is 2.55. The Bertz CT molecular complexity index is 835. The molecule has 182 valence electrons. The number of carbonyl (C=O) groups is 2. The molecule has 0 aromatic heterocycles. The first-order valence-corrected chi connectivity index (χ1v) is 13.0.